The Morgan fingerprint density at radius 3 is 3.00 bits per heavy atom. The van der Waals surface area contributed by atoms with Crippen molar-refractivity contribution in [1.82, 2.24) is 14.8 Å². The molecule has 1 fully saturated rings. The Kier molecular flexibility index (Phi) is 4.45. The second-order valence-corrected chi connectivity index (χ2v) is 5.97. The number of hydrogen-bond acceptors (Lipinski definition) is 2. The second-order valence-electron chi connectivity index (χ2n) is 5.05. The molecule has 5 heteroatoms. The van der Waals surface area contributed by atoms with Crippen LogP contribution >= 0.6 is 15.9 Å². The van der Waals surface area contributed by atoms with Crippen molar-refractivity contribution in [3.63, 3.8) is 0 Å². The van der Waals surface area contributed by atoms with Crippen LogP contribution in [0.2, 0.25) is 0 Å². The highest BCUT2D eigenvalue weighted by Crippen LogP contribution is 2.17. The highest BCUT2D eigenvalue weighted by Gasteiger charge is 2.20. The van der Waals surface area contributed by atoms with Gasteiger partial charge in [0.1, 0.15) is 5.69 Å². The van der Waals surface area contributed by atoms with Crippen LogP contribution in [0.25, 0.3) is 0 Å². The normalized spacial score (nSPS) is 19.8. The maximum absolute atomic E-state index is 12.3. The maximum Gasteiger partial charge on any atom is 0.270 e. The molecule has 0 aromatic carbocycles. The third-order valence-corrected chi connectivity index (χ3v) is 3.90. The summed E-state index contributed by atoms with van der Waals surface area (Å²) < 4.78 is 2.81. The Balaban J connectivity index is 1.97. The summed E-state index contributed by atoms with van der Waals surface area (Å²) in [5.41, 5.74) is 0.730. The van der Waals surface area contributed by atoms with Crippen LogP contribution in [-0.4, -0.2) is 42.1 Å². The lowest BCUT2D eigenvalue weighted by atomic mass is 9.99. The average molecular weight is 314 g/mol. The fourth-order valence-electron chi connectivity index (χ4n) is 2.48. The van der Waals surface area contributed by atoms with Crippen molar-refractivity contribution < 1.29 is 4.79 Å². The molecule has 1 aliphatic rings. The standard InChI is InChI=1S/C13H20BrN3O/c1-16-9-11(14)6-12(16)13(18)17(2)8-10-4-3-5-15-7-10/h6,9-10,15H,3-5,7-8H2,1-2H3. The van der Waals surface area contributed by atoms with Gasteiger partial charge in [0.2, 0.25) is 0 Å². The van der Waals surface area contributed by atoms with Gasteiger partial charge in [-0.1, -0.05) is 0 Å². The zero-order chi connectivity index (χ0) is 13.1. The lowest BCUT2D eigenvalue weighted by Crippen LogP contribution is -2.39. The molecule has 1 saturated heterocycles. The minimum atomic E-state index is 0.0915. The zero-order valence-electron chi connectivity index (χ0n) is 10.9. The van der Waals surface area contributed by atoms with Gasteiger partial charge in [0.05, 0.1) is 0 Å². The summed E-state index contributed by atoms with van der Waals surface area (Å²) in [7, 11) is 3.78. The third-order valence-electron chi connectivity index (χ3n) is 3.47. The summed E-state index contributed by atoms with van der Waals surface area (Å²) >= 11 is 3.40. The first-order valence-corrected chi connectivity index (χ1v) is 7.15. The van der Waals surface area contributed by atoms with Crippen LogP contribution in [0.1, 0.15) is 23.3 Å². The van der Waals surface area contributed by atoms with Crippen LogP contribution in [0.4, 0.5) is 0 Å². The van der Waals surface area contributed by atoms with Crippen molar-refractivity contribution >= 4 is 21.8 Å². The topological polar surface area (TPSA) is 37.3 Å². The molecule has 0 radical (unpaired) electrons. The van der Waals surface area contributed by atoms with Crippen LogP contribution in [-0.2, 0) is 7.05 Å². The van der Waals surface area contributed by atoms with E-state index in [1.807, 2.05) is 35.8 Å². The van der Waals surface area contributed by atoms with Gasteiger partial charge in [-0.05, 0) is 53.8 Å². The predicted molar refractivity (Wildman–Crippen MR) is 75.7 cm³/mol. The summed E-state index contributed by atoms with van der Waals surface area (Å²) in [6.07, 6.45) is 4.33. The van der Waals surface area contributed by atoms with Gasteiger partial charge >= 0.3 is 0 Å². The number of aryl methyl sites for hydroxylation is 1. The Bertz CT molecular complexity index is 424. The van der Waals surface area contributed by atoms with Crippen LogP contribution in [0.15, 0.2) is 16.7 Å². The van der Waals surface area contributed by atoms with E-state index in [0.29, 0.717) is 5.92 Å². The molecule has 4 nitrogen and oxygen atoms in total. The van der Waals surface area contributed by atoms with E-state index in [1.54, 1.807) is 0 Å². The number of nitrogens with zero attached hydrogens (tertiary/aromatic N) is 2. The van der Waals surface area contributed by atoms with Gasteiger partial charge < -0.3 is 14.8 Å². The summed E-state index contributed by atoms with van der Waals surface area (Å²) in [6, 6.07) is 1.87. The number of amides is 1. The third kappa shape index (κ3) is 3.14. The van der Waals surface area contributed by atoms with Gasteiger partial charge in [0.15, 0.2) is 0 Å². The van der Waals surface area contributed by atoms with E-state index in [-0.39, 0.29) is 5.91 Å². The van der Waals surface area contributed by atoms with Gasteiger partial charge in [-0.2, -0.15) is 0 Å². The summed E-state index contributed by atoms with van der Waals surface area (Å²) in [5.74, 6) is 0.671. The Labute approximate surface area is 116 Å². The molecule has 1 aromatic rings. The molecule has 100 valence electrons. The SMILES string of the molecule is CN(CC1CCCNC1)C(=O)c1cc(Br)cn1C. The number of rotatable bonds is 3. The maximum atomic E-state index is 12.3. The summed E-state index contributed by atoms with van der Waals surface area (Å²) in [5, 5.41) is 3.38. The minimum absolute atomic E-state index is 0.0915. The van der Waals surface area contributed by atoms with Gasteiger partial charge in [0.25, 0.3) is 5.91 Å². The first-order valence-electron chi connectivity index (χ1n) is 6.36. The molecule has 0 aliphatic carbocycles. The number of aromatic nitrogens is 1. The quantitative estimate of drug-likeness (QED) is 0.925. The molecule has 2 rings (SSSR count). The minimum Gasteiger partial charge on any atom is -0.345 e. The zero-order valence-corrected chi connectivity index (χ0v) is 12.5. The van der Waals surface area contributed by atoms with Crippen molar-refractivity contribution in [1.29, 1.82) is 0 Å². The second kappa shape index (κ2) is 5.89. The molecule has 1 aliphatic heterocycles. The number of piperidine rings is 1. The number of carbonyl (C=O) groups is 1. The fraction of sp³-hybridized carbons (Fsp3) is 0.615. The van der Waals surface area contributed by atoms with Gasteiger partial charge in [-0.15, -0.1) is 0 Å². The van der Waals surface area contributed by atoms with Crippen LogP contribution in [0, 0.1) is 5.92 Å². The van der Waals surface area contributed by atoms with E-state index in [1.165, 1.54) is 12.8 Å². The average Bonchev–Trinajstić information content (AvgIpc) is 2.68. The smallest absolute Gasteiger partial charge is 0.270 e. The monoisotopic (exact) mass is 313 g/mol. The van der Waals surface area contributed by atoms with Crippen molar-refractivity contribution in [2.24, 2.45) is 13.0 Å². The Morgan fingerprint density at radius 1 is 1.67 bits per heavy atom. The lowest BCUT2D eigenvalue weighted by Gasteiger charge is -2.27. The summed E-state index contributed by atoms with van der Waals surface area (Å²) in [6.45, 7) is 2.96. The molecule has 1 N–H and O–H groups in total. The molecule has 1 atom stereocenters. The fourth-order valence-corrected chi connectivity index (χ4v) is 3.01. The Hall–Kier alpha value is -0.810. The number of nitrogens with one attached hydrogen (secondary N) is 1. The number of carbonyl (C=O) groups excluding carboxylic acids is 1. The molecule has 0 bridgehead atoms. The van der Waals surface area contributed by atoms with Crippen LogP contribution < -0.4 is 5.32 Å². The van der Waals surface area contributed by atoms with Gasteiger partial charge in [-0.25, -0.2) is 0 Å². The van der Waals surface area contributed by atoms with Crippen molar-refractivity contribution in [2.75, 3.05) is 26.7 Å². The van der Waals surface area contributed by atoms with E-state index >= 15 is 0 Å². The van der Waals surface area contributed by atoms with Crippen molar-refractivity contribution in [3.8, 4) is 0 Å². The van der Waals surface area contributed by atoms with E-state index in [0.717, 1.165) is 29.8 Å². The van der Waals surface area contributed by atoms with Crippen molar-refractivity contribution in [3.05, 3.63) is 22.4 Å². The van der Waals surface area contributed by atoms with Gasteiger partial charge in [0, 0.05) is 31.3 Å². The lowest BCUT2D eigenvalue weighted by molar-refractivity contribution is 0.0755. The first-order chi connectivity index (χ1) is 8.58. The van der Waals surface area contributed by atoms with E-state index in [2.05, 4.69) is 21.2 Å². The van der Waals surface area contributed by atoms with Crippen LogP contribution in [0.3, 0.4) is 0 Å². The van der Waals surface area contributed by atoms with Gasteiger partial charge in [-0.3, -0.25) is 4.79 Å². The predicted octanol–water partition coefficient (Wildman–Crippen LogP) is 1.86. The van der Waals surface area contributed by atoms with E-state index in [9.17, 15) is 4.79 Å². The molecule has 0 spiro atoms. The Morgan fingerprint density at radius 2 is 2.44 bits per heavy atom. The molecule has 0 saturated carbocycles. The molecule has 18 heavy (non-hydrogen) atoms. The number of hydrogen-bond donors (Lipinski definition) is 1. The first kappa shape index (κ1) is 13.6. The van der Waals surface area contributed by atoms with Crippen LogP contribution in [0.5, 0.6) is 0 Å². The molecular formula is C13H20BrN3O. The molecule has 1 aromatic heterocycles. The van der Waals surface area contributed by atoms with E-state index < -0.39 is 0 Å². The molecule has 1 unspecified atom stereocenters. The number of halogens is 1. The molecule has 2 heterocycles. The van der Waals surface area contributed by atoms with Crippen molar-refractivity contribution in [2.45, 2.75) is 12.8 Å². The molecule has 1 amide bonds. The molecular weight excluding hydrogens is 294 g/mol. The highest BCUT2D eigenvalue weighted by atomic mass is 79.9. The summed E-state index contributed by atoms with van der Waals surface area (Å²) in [4.78, 5) is 14.1. The van der Waals surface area contributed by atoms with E-state index in [4.69, 9.17) is 0 Å². The largest absolute Gasteiger partial charge is 0.345 e. The highest BCUT2D eigenvalue weighted by molar-refractivity contribution is 9.10.